The van der Waals surface area contributed by atoms with Crippen molar-refractivity contribution in [2.75, 3.05) is 17.7 Å². The molecule has 0 saturated carbocycles. The van der Waals surface area contributed by atoms with Gasteiger partial charge >= 0.3 is 0 Å². The molecule has 0 radical (unpaired) electrons. The molecule has 0 aliphatic heterocycles. The van der Waals surface area contributed by atoms with Crippen LogP contribution in [-0.2, 0) is 0 Å². The molecule has 1 unspecified atom stereocenters. The Bertz CT molecular complexity index is 403. The summed E-state index contributed by atoms with van der Waals surface area (Å²) < 4.78 is 0. The smallest absolute Gasteiger partial charge is 0.223 e. The Morgan fingerprint density at radius 1 is 1.56 bits per heavy atom. The van der Waals surface area contributed by atoms with E-state index in [0.29, 0.717) is 5.82 Å². The molecule has 86 valence electrons. The van der Waals surface area contributed by atoms with Gasteiger partial charge in [0.25, 0.3) is 0 Å². The molecular formula is C10H13ClN4O. The van der Waals surface area contributed by atoms with Gasteiger partial charge in [0.15, 0.2) is 0 Å². The largest absolute Gasteiger partial charge is 0.394 e. The van der Waals surface area contributed by atoms with E-state index in [1.54, 1.807) is 6.07 Å². The van der Waals surface area contributed by atoms with E-state index in [1.165, 1.54) is 0 Å². The Kier molecular flexibility index (Phi) is 2.98. The van der Waals surface area contributed by atoms with Crippen LogP contribution in [0.5, 0.6) is 0 Å². The highest BCUT2D eigenvalue weighted by Gasteiger charge is 2.29. The first-order valence-electron chi connectivity index (χ1n) is 5.00. The molecule has 1 aromatic heterocycles. The lowest BCUT2D eigenvalue weighted by atomic mass is 10.0. The van der Waals surface area contributed by atoms with Gasteiger partial charge in [0.2, 0.25) is 5.95 Å². The molecule has 1 atom stereocenters. The van der Waals surface area contributed by atoms with E-state index in [0.717, 1.165) is 12.8 Å². The summed E-state index contributed by atoms with van der Waals surface area (Å²) in [6.45, 7) is 0.00499. The second-order valence-electron chi connectivity index (χ2n) is 3.81. The Balaban J connectivity index is 2.22. The maximum Gasteiger partial charge on any atom is 0.223 e. The molecule has 0 saturated heterocycles. The fourth-order valence-corrected chi connectivity index (χ4v) is 1.95. The van der Waals surface area contributed by atoms with Crippen LogP contribution >= 0.6 is 11.6 Å². The number of allylic oxidation sites excluding steroid dienone is 1. The lowest BCUT2D eigenvalue weighted by molar-refractivity contribution is 0.238. The number of nitrogens with zero attached hydrogens (tertiary/aromatic N) is 2. The number of aliphatic hydroxyl groups excluding tert-OH is 1. The number of nitrogens with two attached hydrogens (primary N) is 1. The predicted octanol–water partition coefficient (Wildman–Crippen LogP) is 1.21. The zero-order chi connectivity index (χ0) is 11.6. The average molecular weight is 241 g/mol. The minimum Gasteiger partial charge on any atom is -0.394 e. The monoisotopic (exact) mass is 240 g/mol. The number of hydrogen-bond acceptors (Lipinski definition) is 5. The molecule has 1 aliphatic rings. The third-order valence-electron chi connectivity index (χ3n) is 2.57. The molecule has 0 aromatic carbocycles. The first-order valence-corrected chi connectivity index (χ1v) is 5.38. The van der Waals surface area contributed by atoms with E-state index in [-0.39, 0.29) is 17.7 Å². The van der Waals surface area contributed by atoms with Gasteiger partial charge < -0.3 is 16.2 Å². The molecule has 5 nitrogen and oxygen atoms in total. The summed E-state index contributed by atoms with van der Waals surface area (Å²) in [6, 6.07) is 1.58. The van der Waals surface area contributed by atoms with E-state index < -0.39 is 5.54 Å². The van der Waals surface area contributed by atoms with Gasteiger partial charge in [-0.25, -0.2) is 4.98 Å². The van der Waals surface area contributed by atoms with E-state index in [1.807, 2.05) is 12.2 Å². The molecule has 0 spiro atoms. The van der Waals surface area contributed by atoms with Gasteiger partial charge in [-0.15, -0.1) is 0 Å². The predicted molar refractivity (Wildman–Crippen MR) is 63.3 cm³/mol. The molecule has 4 N–H and O–H groups in total. The van der Waals surface area contributed by atoms with Gasteiger partial charge in [0, 0.05) is 6.07 Å². The Hall–Kier alpha value is -1.33. The molecular weight excluding hydrogens is 228 g/mol. The average Bonchev–Trinajstić information content (AvgIpc) is 2.65. The van der Waals surface area contributed by atoms with Crippen molar-refractivity contribution in [2.45, 2.75) is 18.4 Å². The van der Waals surface area contributed by atoms with Crippen molar-refractivity contribution in [3.63, 3.8) is 0 Å². The van der Waals surface area contributed by atoms with Gasteiger partial charge in [-0.2, -0.15) is 4.98 Å². The van der Waals surface area contributed by atoms with Crippen molar-refractivity contribution >= 4 is 23.4 Å². The standard InChI is InChI=1S/C10H13ClN4O/c11-7-5-8(14-9(12)13-7)15-10(6-16)3-1-2-4-10/h1,3,5,16H,2,4,6H2,(H3,12,13,14,15). The molecule has 1 aromatic rings. The first kappa shape index (κ1) is 11.2. The van der Waals surface area contributed by atoms with Crippen LogP contribution in [0.4, 0.5) is 11.8 Å². The highest BCUT2D eigenvalue weighted by molar-refractivity contribution is 6.29. The van der Waals surface area contributed by atoms with Crippen molar-refractivity contribution in [1.82, 2.24) is 9.97 Å². The summed E-state index contributed by atoms with van der Waals surface area (Å²) in [7, 11) is 0. The van der Waals surface area contributed by atoms with Crippen LogP contribution in [0.2, 0.25) is 5.15 Å². The number of rotatable bonds is 3. The van der Waals surface area contributed by atoms with E-state index in [2.05, 4.69) is 15.3 Å². The lowest BCUT2D eigenvalue weighted by Gasteiger charge is -2.27. The molecule has 0 bridgehead atoms. The first-order chi connectivity index (χ1) is 7.63. The number of halogens is 1. The molecule has 0 fully saturated rings. The fraction of sp³-hybridized carbons (Fsp3) is 0.400. The summed E-state index contributed by atoms with van der Waals surface area (Å²) >= 11 is 5.77. The maximum absolute atomic E-state index is 9.40. The number of hydrogen-bond donors (Lipinski definition) is 3. The van der Waals surface area contributed by atoms with Crippen molar-refractivity contribution in [3.05, 3.63) is 23.4 Å². The SMILES string of the molecule is Nc1nc(Cl)cc(NC2(CO)C=CCC2)n1. The van der Waals surface area contributed by atoms with Crippen LogP contribution in [0.15, 0.2) is 18.2 Å². The third-order valence-corrected chi connectivity index (χ3v) is 2.76. The zero-order valence-electron chi connectivity index (χ0n) is 8.65. The van der Waals surface area contributed by atoms with Crippen LogP contribution in [0.1, 0.15) is 12.8 Å². The zero-order valence-corrected chi connectivity index (χ0v) is 9.41. The molecule has 1 heterocycles. The van der Waals surface area contributed by atoms with Gasteiger partial charge in [-0.1, -0.05) is 23.8 Å². The van der Waals surface area contributed by atoms with E-state index >= 15 is 0 Å². The van der Waals surface area contributed by atoms with Gasteiger partial charge in [0.05, 0.1) is 12.1 Å². The van der Waals surface area contributed by atoms with Crippen molar-refractivity contribution in [2.24, 2.45) is 0 Å². The minimum atomic E-state index is -0.454. The third kappa shape index (κ3) is 2.25. The van der Waals surface area contributed by atoms with Crippen molar-refractivity contribution < 1.29 is 5.11 Å². The second kappa shape index (κ2) is 4.27. The number of aliphatic hydroxyl groups is 1. The molecule has 16 heavy (non-hydrogen) atoms. The fourth-order valence-electron chi connectivity index (χ4n) is 1.76. The lowest BCUT2D eigenvalue weighted by Crippen LogP contribution is -2.38. The normalized spacial score (nSPS) is 23.6. The molecule has 1 aliphatic carbocycles. The van der Waals surface area contributed by atoms with Crippen LogP contribution < -0.4 is 11.1 Å². The summed E-state index contributed by atoms with van der Waals surface area (Å²) in [5.41, 5.74) is 5.04. The maximum atomic E-state index is 9.40. The van der Waals surface area contributed by atoms with Gasteiger partial charge in [-0.05, 0) is 12.8 Å². The number of nitrogens with one attached hydrogen (secondary N) is 1. The van der Waals surface area contributed by atoms with Crippen molar-refractivity contribution in [1.29, 1.82) is 0 Å². The van der Waals surface area contributed by atoms with Crippen LogP contribution in [0.3, 0.4) is 0 Å². The number of aromatic nitrogens is 2. The second-order valence-corrected chi connectivity index (χ2v) is 4.20. The molecule has 0 amide bonds. The number of anilines is 2. The molecule has 6 heteroatoms. The van der Waals surface area contributed by atoms with E-state index in [4.69, 9.17) is 17.3 Å². The number of nitrogen functional groups attached to an aromatic ring is 1. The van der Waals surface area contributed by atoms with Crippen LogP contribution in [0, 0.1) is 0 Å². The van der Waals surface area contributed by atoms with Crippen molar-refractivity contribution in [3.8, 4) is 0 Å². The minimum absolute atomic E-state index is 0.00499. The molecule has 2 rings (SSSR count). The Labute approximate surface area is 98.4 Å². The summed E-state index contributed by atoms with van der Waals surface area (Å²) in [5, 5.41) is 12.8. The van der Waals surface area contributed by atoms with Gasteiger partial charge in [0.1, 0.15) is 11.0 Å². The van der Waals surface area contributed by atoms with E-state index in [9.17, 15) is 5.11 Å². The topological polar surface area (TPSA) is 84.1 Å². The van der Waals surface area contributed by atoms with Crippen LogP contribution in [0.25, 0.3) is 0 Å². The summed E-state index contributed by atoms with van der Waals surface area (Å²) in [4.78, 5) is 7.79. The highest BCUT2D eigenvalue weighted by Crippen LogP contribution is 2.27. The highest BCUT2D eigenvalue weighted by atomic mass is 35.5. The Morgan fingerprint density at radius 3 is 2.94 bits per heavy atom. The van der Waals surface area contributed by atoms with Gasteiger partial charge in [-0.3, -0.25) is 0 Å². The summed E-state index contributed by atoms with van der Waals surface area (Å²) in [5.74, 6) is 0.642. The quantitative estimate of drug-likeness (QED) is 0.546. The van der Waals surface area contributed by atoms with Crippen LogP contribution in [-0.4, -0.2) is 27.2 Å². The Morgan fingerprint density at radius 2 is 2.38 bits per heavy atom. The summed E-state index contributed by atoms with van der Waals surface area (Å²) in [6.07, 6.45) is 5.72.